The maximum atomic E-state index is 12.7. The minimum absolute atomic E-state index is 0.234. The maximum absolute atomic E-state index is 12.7. The van der Waals surface area contributed by atoms with Crippen LogP contribution in [-0.2, 0) is 16.6 Å². The number of hydrogen-bond donors (Lipinski definition) is 1. The van der Waals surface area contributed by atoms with Gasteiger partial charge in [-0.25, -0.2) is 8.42 Å². The van der Waals surface area contributed by atoms with E-state index < -0.39 is 10.0 Å². The standard InChI is InChI=1S/C14H20ClN3O2S/c15-14-4-3-13(9-11(14)10-16)21(19,20)18-7-5-17(6-8-18)12-1-2-12/h3-4,9,12H,1-2,5-8,10,16H2. The van der Waals surface area contributed by atoms with Gasteiger partial charge in [0.2, 0.25) is 10.0 Å². The highest BCUT2D eigenvalue weighted by atomic mass is 35.5. The van der Waals surface area contributed by atoms with E-state index in [1.807, 2.05) is 0 Å². The highest BCUT2D eigenvalue weighted by Crippen LogP contribution is 2.29. The Kier molecular flexibility index (Phi) is 4.25. The first-order chi connectivity index (χ1) is 10.0. The summed E-state index contributed by atoms with van der Waals surface area (Å²) in [5.74, 6) is 0. The van der Waals surface area contributed by atoms with E-state index in [1.165, 1.54) is 12.8 Å². The first-order valence-corrected chi connectivity index (χ1v) is 9.07. The summed E-state index contributed by atoms with van der Waals surface area (Å²) in [6.07, 6.45) is 2.51. The lowest BCUT2D eigenvalue weighted by Crippen LogP contribution is -2.49. The van der Waals surface area contributed by atoms with E-state index in [1.54, 1.807) is 22.5 Å². The molecule has 1 aromatic carbocycles. The van der Waals surface area contributed by atoms with Gasteiger partial charge in [-0.2, -0.15) is 4.31 Å². The normalized spacial score (nSPS) is 21.6. The van der Waals surface area contributed by atoms with Gasteiger partial charge in [0.1, 0.15) is 0 Å². The second-order valence-electron chi connectivity index (χ2n) is 5.63. The second-order valence-corrected chi connectivity index (χ2v) is 7.97. The molecule has 3 rings (SSSR count). The maximum Gasteiger partial charge on any atom is 0.243 e. The van der Waals surface area contributed by atoms with Gasteiger partial charge in [0.05, 0.1) is 4.90 Å². The minimum Gasteiger partial charge on any atom is -0.326 e. The summed E-state index contributed by atoms with van der Waals surface area (Å²) in [6.45, 7) is 2.99. The summed E-state index contributed by atoms with van der Waals surface area (Å²) in [5, 5.41) is 0.509. The van der Waals surface area contributed by atoms with Gasteiger partial charge in [0.25, 0.3) is 0 Å². The number of nitrogens with two attached hydrogens (primary N) is 1. The van der Waals surface area contributed by atoms with Crippen LogP contribution in [0.4, 0.5) is 0 Å². The van der Waals surface area contributed by atoms with Crippen molar-refractivity contribution in [3.8, 4) is 0 Å². The molecule has 21 heavy (non-hydrogen) atoms. The van der Waals surface area contributed by atoms with Crippen molar-refractivity contribution >= 4 is 21.6 Å². The lowest BCUT2D eigenvalue weighted by molar-refractivity contribution is 0.180. The first-order valence-electron chi connectivity index (χ1n) is 7.25. The van der Waals surface area contributed by atoms with Crippen LogP contribution in [-0.4, -0.2) is 49.8 Å². The molecule has 1 aliphatic carbocycles. The molecule has 116 valence electrons. The van der Waals surface area contributed by atoms with Crippen molar-refractivity contribution in [3.05, 3.63) is 28.8 Å². The summed E-state index contributed by atoms with van der Waals surface area (Å²) in [6, 6.07) is 5.45. The van der Waals surface area contributed by atoms with Crippen molar-refractivity contribution in [1.29, 1.82) is 0 Å². The Morgan fingerprint density at radius 1 is 1.19 bits per heavy atom. The molecule has 1 saturated carbocycles. The van der Waals surface area contributed by atoms with Gasteiger partial charge >= 0.3 is 0 Å². The number of nitrogens with zero attached hydrogens (tertiary/aromatic N) is 2. The summed E-state index contributed by atoms with van der Waals surface area (Å²) >= 11 is 6.00. The van der Waals surface area contributed by atoms with Crippen LogP contribution in [0, 0.1) is 0 Å². The molecular formula is C14H20ClN3O2S. The quantitative estimate of drug-likeness (QED) is 0.903. The Balaban J connectivity index is 1.77. The summed E-state index contributed by atoms with van der Waals surface area (Å²) in [4.78, 5) is 2.67. The van der Waals surface area contributed by atoms with Crippen molar-refractivity contribution in [2.24, 2.45) is 5.73 Å². The molecule has 2 N–H and O–H groups in total. The Labute approximate surface area is 130 Å². The molecule has 0 amide bonds. The number of sulfonamides is 1. The molecular weight excluding hydrogens is 310 g/mol. The zero-order valence-corrected chi connectivity index (χ0v) is 13.4. The van der Waals surface area contributed by atoms with Crippen molar-refractivity contribution in [1.82, 2.24) is 9.21 Å². The van der Waals surface area contributed by atoms with E-state index in [9.17, 15) is 8.42 Å². The smallest absolute Gasteiger partial charge is 0.243 e. The number of halogens is 1. The molecule has 0 atom stereocenters. The fourth-order valence-corrected chi connectivity index (χ4v) is 4.43. The van der Waals surface area contributed by atoms with E-state index in [0.717, 1.165) is 13.1 Å². The van der Waals surface area contributed by atoms with Gasteiger partial charge in [-0.15, -0.1) is 0 Å². The average molecular weight is 330 g/mol. The van der Waals surface area contributed by atoms with E-state index in [2.05, 4.69) is 4.90 Å². The second kappa shape index (κ2) is 5.85. The van der Waals surface area contributed by atoms with Crippen molar-refractivity contribution in [3.63, 3.8) is 0 Å². The molecule has 0 radical (unpaired) electrons. The lowest BCUT2D eigenvalue weighted by atomic mass is 10.2. The molecule has 1 aliphatic heterocycles. The predicted octanol–water partition coefficient (Wildman–Crippen LogP) is 1.27. The topological polar surface area (TPSA) is 66.6 Å². The molecule has 5 nitrogen and oxygen atoms in total. The summed E-state index contributed by atoms with van der Waals surface area (Å²) in [5.41, 5.74) is 6.26. The highest BCUT2D eigenvalue weighted by molar-refractivity contribution is 7.89. The lowest BCUT2D eigenvalue weighted by Gasteiger charge is -2.34. The zero-order valence-electron chi connectivity index (χ0n) is 11.8. The van der Waals surface area contributed by atoms with Gasteiger partial charge in [-0.3, -0.25) is 4.90 Å². The molecule has 0 bridgehead atoms. The number of hydrogen-bond acceptors (Lipinski definition) is 4. The van der Waals surface area contributed by atoms with Crippen LogP contribution in [0.2, 0.25) is 5.02 Å². The summed E-state index contributed by atoms with van der Waals surface area (Å²) in [7, 11) is -3.45. The highest BCUT2D eigenvalue weighted by Gasteiger charge is 2.34. The number of rotatable bonds is 4. The van der Waals surface area contributed by atoms with Crippen LogP contribution in [0.5, 0.6) is 0 Å². The predicted molar refractivity (Wildman–Crippen MR) is 82.7 cm³/mol. The monoisotopic (exact) mass is 329 g/mol. The van der Waals surface area contributed by atoms with Gasteiger partial charge < -0.3 is 5.73 Å². The fraction of sp³-hybridized carbons (Fsp3) is 0.571. The fourth-order valence-electron chi connectivity index (χ4n) is 2.77. The third-order valence-corrected chi connectivity index (χ3v) is 6.47. The molecule has 0 aromatic heterocycles. The number of benzene rings is 1. The van der Waals surface area contributed by atoms with Gasteiger partial charge in [0, 0.05) is 43.8 Å². The van der Waals surface area contributed by atoms with E-state index >= 15 is 0 Å². The molecule has 2 aliphatic rings. The van der Waals surface area contributed by atoms with E-state index in [4.69, 9.17) is 17.3 Å². The Hall–Kier alpha value is -0.660. The molecule has 0 unspecified atom stereocenters. The summed E-state index contributed by atoms with van der Waals surface area (Å²) < 4.78 is 26.9. The van der Waals surface area contributed by atoms with Crippen molar-refractivity contribution < 1.29 is 8.42 Å². The molecule has 0 spiro atoms. The molecule has 2 fully saturated rings. The molecule has 7 heteroatoms. The largest absolute Gasteiger partial charge is 0.326 e. The average Bonchev–Trinajstić information content (AvgIpc) is 3.32. The van der Waals surface area contributed by atoms with Crippen LogP contribution < -0.4 is 5.73 Å². The Morgan fingerprint density at radius 2 is 1.86 bits per heavy atom. The molecule has 1 saturated heterocycles. The van der Waals surface area contributed by atoms with Crippen molar-refractivity contribution in [2.75, 3.05) is 26.2 Å². The first kappa shape index (κ1) is 15.2. The Bertz CT molecular complexity index is 623. The Morgan fingerprint density at radius 3 is 2.43 bits per heavy atom. The van der Waals surface area contributed by atoms with Crippen LogP contribution in [0.25, 0.3) is 0 Å². The van der Waals surface area contributed by atoms with Gasteiger partial charge in [0.15, 0.2) is 0 Å². The van der Waals surface area contributed by atoms with Crippen LogP contribution >= 0.6 is 11.6 Å². The van der Waals surface area contributed by atoms with Gasteiger partial charge in [-0.05, 0) is 36.6 Å². The van der Waals surface area contributed by atoms with Crippen LogP contribution in [0.3, 0.4) is 0 Å². The number of piperazine rings is 1. The van der Waals surface area contributed by atoms with E-state index in [-0.39, 0.29) is 11.4 Å². The SMILES string of the molecule is NCc1cc(S(=O)(=O)N2CCN(C3CC3)CC2)ccc1Cl. The van der Waals surface area contributed by atoms with Crippen LogP contribution in [0.1, 0.15) is 18.4 Å². The van der Waals surface area contributed by atoms with Crippen LogP contribution in [0.15, 0.2) is 23.1 Å². The van der Waals surface area contributed by atoms with Crippen molar-refractivity contribution in [2.45, 2.75) is 30.3 Å². The third kappa shape index (κ3) is 3.10. The third-order valence-electron chi connectivity index (χ3n) is 4.21. The molecule has 1 heterocycles. The minimum atomic E-state index is -3.45. The van der Waals surface area contributed by atoms with E-state index in [0.29, 0.717) is 29.7 Å². The van der Waals surface area contributed by atoms with Gasteiger partial charge in [-0.1, -0.05) is 11.6 Å². The molecule has 1 aromatic rings. The zero-order chi connectivity index (χ0) is 15.0.